The van der Waals surface area contributed by atoms with Crippen molar-refractivity contribution in [2.45, 2.75) is 0 Å². The van der Waals surface area contributed by atoms with Gasteiger partial charge < -0.3 is 0 Å². The average molecular weight is 392 g/mol. The van der Waals surface area contributed by atoms with Crippen molar-refractivity contribution >= 4 is 34.0 Å². The largest absolute Gasteiger partial charge is 0.270 e. The molecule has 0 atom stereocenters. The zero-order valence-electron chi connectivity index (χ0n) is 14.1. The van der Waals surface area contributed by atoms with Gasteiger partial charge in [0.2, 0.25) is 0 Å². The number of halogens is 1. The zero-order chi connectivity index (χ0) is 19.3. The Kier molecular flexibility index (Phi) is 3.56. The van der Waals surface area contributed by atoms with E-state index in [-0.39, 0.29) is 5.69 Å². The van der Waals surface area contributed by atoms with Crippen LogP contribution in [-0.4, -0.2) is 34.3 Å². The van der Waals surface area contributed by atoms with Crippen LogP contribution < -0.4 is 0 Å². The standard InChI is InChI=1S/C18H10ClN7O2/c19-12-4-2-5-13(8-12)25-17-15(9-21-25)18-22-16(23-24(18)10-20-17)11-3-1-6-14(7-11)26(27)28/h1-10H. The summed E-state index contributed by atoms with van der Waals surface area (Å²) in [6.45, 7) is 0. The summed E-state index contributed by atoms with van der Waals surface area (Å²) in [7, 11) is 0. The third kappa shape index (κ3) is 2.57. The lowest BCUT2D eigenvalue weighted by Crippen LogP contribution is -1.98. The third-order valence-corrected chi connectivity index (χ3v) is 4.51. The maximum atomic E-state index is 11.0. The van der Waals surface area contributed by atoms with Crippen molar-refractivity contribution < 1.29 is 4.92 Å². The van der Waals surface area contributed by atoms with Crippen molar-refractivity contribution in [3.63, 3.8) is 0 Å². The number of nitro groups is 1. The van der Waals surface area contributed by atoms with Crippen LogP contribution in [0.2, 0.25) is 5.02 Å². The molecule has 3 heterocycles. The first kappa shape index (κ1) is 16.3. The van der Waals surface area contributed by atoms with E-state index in [9.17, 15) is 10.1 Å². The number of nitrogens with zero attached hydrogens (tertiary/aromatic N) is 7. The number of rotatable bonds is 3. The molecule has 9 nitrogen and oxygen atoms in total. The predicted octanol–water partition coefficient (Wildman–Crippen LogP) is 3.69. The van der Waals surface area contributed by atoms with Crippen molar-refractivity contribution in [2.24, 2.45) is 0 Å². The number of hydrogen-bond donors (Lipinski definition) is 0. The Labute approximate surface area is 162 Å². The fraction of sp³-hybridized carbons (Fsp3) is 0. The van der Waals surface area contributed by atoms with Crippen LogP contribution in [0.5, 0.6) is 0 Å². The van der Waals surface area contributed by atoms with Gasteiger partial charge in [0.1, 0.15) is 6.33 Å². The van der Waals surface area contributed by atoms with E-state index in [1.165, 1.54) is 23.0 Å². The lowest BCUT2D eigenvalue weighted by Gasteiger charge is -2.02. The van der Waals surface area contributed by atoms with Crippen LogP contribution in [0, 0.1) is 10.1 Å². The molecule has 0 aliphatic rings. The molecule has 2 aromatic carbocycles. The molecule has 0 saturated carbocycles. The third-order valence-electron chi connectivity index (χ3n) is 4.27. The van der Waals surface area contributed by atoms with E-state index in [1.807, 2.05) is 12.1 Å². The lowest BCUT2D eigenvalue weighted by molar-refractivity contribution is -0.384. The second-order valence-corrected chi connectivity index (χ2v) is 6.47. The summed E-state index contributed by atoms with van der Waals surface area (Å²) in [5, 5.41) is 21.1. The minimum Gasteiger partial charge on any atom is -0.258 e. The fourth-order valence-electron chi connectivity index (χ4n) is 3.00. The molecule has 0 amide bonds. The van der Waals surface area contributed by atoms with Gasteiger partial charge in [-0.25, -0.2) is 19.2 Å². The Bertz CT molecular complexity index is 1380. The van der Waals surface area contributed by atoms with Gasteiger partial charge >= 0.3 is 0 Å². The molecule has 0 aliphatic heterocycles. The monoisotopic (exact) mass is 391 g/mol. The Hall–Kier alpha value is -3.85. The summed E-state index contributed by atoms with van der Waals surface area (Å²) in [6.07, 6.45) is 3.19. The Balaban J connectivity index is 1.68. The van der Waals surface area contributed by atoms with Crippen LogP contribution in [-0.2, 0) is 0 Å². The van der Waals surface area contributed by atoms with Gasteiger partial charge in [-0.1, -0.05) is 29.8 Å². The summed E-state index contributed by atoms with van der Waals surface area (Å²) in [4.78, 5) is 19.6. The van der Waals surface area contributed by atoms with E-state index in [2.05, 4.69) is 20.2 Å². The second kappa shape index (κ2) is 6.10. The highest BCUT2D eigenvalue weighted by molar-refractivity contribution is 6.30. The van der Waals surface area contributed by atoms with Crippen molar-refractivity contribution in [1.29, 1.82) is 0 Å². The molecule has 3 aromatic heterocycles. The fourth-order valence-corrected chi connectivity index (χ4v) is 3.18. The first-order valence-corrected chi connectivity index (χ1v) is 8.58. The molecule has 0 bridgehead atoms. The van der Waals surface area contributed by atoms with Gasteiger partial charge in [-0.3, -0.25) is 10.1 Å². The van der Waals surface area contributed by atoms with E-state index < -0.39 is 4.92 Å². The minimum atomic E-state index is -0.450. The maximum Gasteiger partial charge on any atom is 0.270 e. The maximum absolute atomic E-state index is 11.0. The quantitative estimate of drug-likeness (QED) is 0.343. The van der Waals surface area contributed by atoms with Crippen molar-refractivity contribution in [3.8, 4) is 17.1 Å². The Morgan fingerprint density at radius 1 is 1.07 bits per heavy atom. The molecule has 0 saturated heterocycles. The number of aromatic nitrogens is 6. The molecule has 0 radical (unpaired) electrons. The molecule has 0 aliphatic carbocycles. The summed E-state index contributed by atoms with van der Waals surface area (Å²) in [6, 6.07) is 13.5. The van der Waals surface area contributed by atoms with Gasteiger partial charge in [-0.2, -0.15) is 5.10 Å². The van der Waals surface area contributed by atoms with Crippen LogP contribution in [0.25, 0.3) is 33.8 Å². The Morgan fingerprint density at radius 2 is 1.93 bits per heavy atom. The molecule has 0 fully saturated rings. The molecule has 0 N–H and O–H groups in total. The van der Waals surface area contributed by atoms with Crippen molar-refractivity contribution in [2.75, 3.05) is 0 Å². The summed E-state index contributed by atoms with van der Waals surface area (Å²) in [5.74, 6) is 0.369. The molecule has 10 heteroatoms. The number of non-ortho nitro benzene ring substituents is 1. The number of benzene rings is 2. The molecular formula is C18H10ClN7O2. The molecule has 0 unspecified atom stereocenters. The molecule has 136 valence electrons. The number of nitro benzene ring substituents is 1. The van der Waals surface area contributed by atoms with Crippen LogP contribution in [0.1, 0.15) is 0 Å². The van der Waals surface area contributed by atoms with Crippen LogP contribution in [0.3, 0.4) is 0 Å². The topological polar surface area (TPSA) is 104 Å². The minimum absolute atomic E-state index is 0.0200. The normalized spacial score (nSPS) is 11.3. The summed E-state index contributed by atoms with van der Waals surface area (Å²) in [5.41, 5.74) is 2.46. The molecule has 28 heavy (non-hydrogen) atoms. The second-order valence-electron chi connectivity index (χ2n) is 6.03. The highest BCUT2D eigenvalue weighted by atomic mass is 35.5. The van der Waals surface area contributed by atoms with Crippen LogP contribution >= 0.6 is 11.6 Å². The van der Waals surface area contributed by atoms with Gasteiger partial charge in [-0.05, 0) is 18.2 Å². The van der Waals surface area contributed by atoms with Gasteiger partial charge in [0, 0.05) is 22.7 Å². The van der Waals surface area contributed by atoms with Crippen LogP contribution in [0.4, 0.5) is 5.69 Å². The highest BCUT2D eigenvalue weighted by Gasteiger charge is 2.16. The van der Waals surface area contributed by atoms with Gasteiger partial charge in [-0.15, -0.1) is 5.10 Å². The smallest absolute Gasteiger partial charge is 0.258 e. The van der Waals surface area contributed by atoms with Gasteiger partial charge in [0.05, 0.1) is 22.2 Å². The van der Waals surface area contributed by atoms with E-state index in [4.69, 9.17) is 11.6 Å². The highest BCUT2D eigenvalue weighted by Crippen LogP contribution is 2.25. The van der Waals surface area contributed by atoms with E-state index in [0.717, 1.165) is 5.69 Å². The number of hydrogen-bond acceptors (Lipinski definition) is 6. The first-order valence-electron chi connectivity index (χ1n) is 8.20. The summed E-state index contributed by atoms with van der Waals surface area (Å²) < 4.78 is 3.20. The van der Waals surface area contributed by atoms with E-state index in [0.29, 0.717) is 33.1 Å². The van der Waals surface area contributed by atoms with Gasteiger partial charge in [0.15, 0.2) is 17.1 Å². The molecule has 5 rings (SSSR count). The lowest BCUT2D eigenvalue weighted by atomic mass is 10.2. The van der Waals surface area contributed by atoms with E-state index >= 15 is 0 Å². The SMILES string of the molecule is O=[N+]([O-])c1cccc(-c2nc3c4cnn(-c5cccc(Cl)c5)c4ncn3n2)c1. The van der Waals surface area contributed by atoms with Crippen LogP contribution in [0.15, 0.2) is 61.1 Å². The summed E-state index contributed by atoms with van der Waals surface area (Å²) >= 11 is 6.08. The first-order chi connectivity index (χ1) is 13.6. The molecular weight excluding hydrogens is 382 g/mol. The van der Waals surface area contributed by atoms with E-state index in [1.54, 1.807) is 35.1 Å². The average Bonchev–Trinajstić information content (AvgIpc) is 3.32. The number of fused-ring (bicyclic) bond motifs is 3. The Morgan fingerprint density at radius 3 is 2.75 bits per heavy atom. The molecule has 5 aromatic rings. The molecule has 0 spiro atoms. The zero-order valence-corrected chi connectivity index (χ0v) is 14.9. The van der Waals surface area contributed by atoms with Crippen molar-refractivity contribution in [3.05, 3.63) is 76.2 Å². The predicted molar refractivity (Wildman–Crippen MR) is 103 cm³/mol. The van der Waals surface area contributed by atoms with Gasteiger partial charge in [0.25, 0.3) is 5.69 Å². The van der Waals surface area contributed by atoms with Crippen molar-refractivity contribution in [1.82, 2.24) is 29.4 Å².